The van der Waals surface area contributed by atoms with Crippen LogP contribution in [0.4, 0.5) is 4.39 Å². The number of benzene rings is 1. The second-order valence-corrected chi connectivity index (χ2v) is 6.70. The van der Waals surface area contributed by atoms with Crippen molar-refractivity contribution in [1.82, 2.24) is 9.80 Å². The molecule has 1 atom stereocenters. The molecule has 0 bridgehead atoms. The predicted molar refractivity (Wildman–Crippen MR) is 92.3 cm³/mol. The number of carbonyl (C=O) groups is 2. The molecule has 0 radical (unpaired) electrons. The molecule has 1 aromatic carbocycles. The Hall–Kier alpha value is -1.60. The van der Waals surface area contributed by atoms with Crippen LogP contribution in [0.1, 0.15) is 18.5 Å². The second-order valence-electron chi connectivity index (χ2n) is 5.72. The number of morpholine rings is 1. The van der Waals surface area contributed by atoms with E-state index in [1.807, 2.05) is 6.92 Å². The van der Waals surface area contributed by atoms with Crippen LogP contribution >= 0.6 is 11.8 Å². The quantitative estimate of drug-likeness (QED) is 0.783. The molecular formula is C17H23FN2O3S. The summed E-state index contributed by atoms with van der Waals surface area (Å²) in [6, 6.07) is 5.99. The third-order valence-corrected chi connectivity index (χ3v) is 5.04. The van der Waals surface area contributed by atoms with Crippen molar-refractivity contribution in [3.8, 4) is 0 Å². The minimum absolute atomic E-state index is 0.0466. The molecule has 2 rings (SSSR count). The van der Waals surface area contributed by atoms with Crippen molar-refractivity contribution in [2.45, 2.75) is 13.0 Å². The van der Waals surface area contributed by atoms with E-state index in [9.17, 15) is 14.0 Å². The summed E-state index contributed by atoms with van der Waals surface area (Å²) in [5.41, 5.74) is 0.877. The lowest BCUT2D eigenvalue weighted by atomic mass is 10.1. The largest absolute Gasteiger partial charge is 0.378 e. The number of hydrogen-bond donors (Lipinski definition) is 0. The van der Waals surface area contributed by atoms with Crippen LogP contribution < -0.4 is 0 Å². The van der Waals surface area contributed by atoms with Gasteiger partial charge < -0.3 is 14.5 Å². The number of ether oxygens (including phenoxy) is 1. The zero-order chi connectivity index (χ0) is 17.5. The van der Waals surface area contributed by atoms with Gasteiger partial charge >= 0.3 is 0 Å². The summed E-state index contributed by atoms with van der Waals surface area (Å²) in [5, 5.41) is 0. The van der Waals surface area contributed by atoms with Crippen LogP contribution in [0.2, 0.25) is 0 Å². The van der Waals surface area contributed by atoms with Crippen molar-refractivity contribution in [2.24, 2.45) is 0 Å². The number of hydrogen-bond acceptors (Lipinski definition) is 4. The van der Waals surface area contributed by atoms with Gasteiger partial charge in [-0.15, -0.1) is 11.8 Å². The van der Waals surface area contributed by atoms with Crippen LogP contribution in [0.15, 0.2) is 24.3 Å². The summed E-state index contributed by atoms with van der Waals surface area (Å²) in [6.07, 6.45) is 0. The highest BCUT2D eigenvalue weighted by Gasteiger charge is 2.20. The molecule has 1 aliphatic heterocycles. The molecule has 1 unspecified atom stereocenters. The van der Waals surface area contributed by atoms with E-state index in [-0.39, 0.29) is 29.4 Å². The SMILES string of the molecule is CC(c1ccc(F)cc1)N(C)C(=O)CSCC(=O)N1CCOCC1. The standard InChI is InChI=1S/C17H23FN2O3S/c1-13(14-3-5-15(18)6-4-14)19(2)16(21)11-24-12-17(22)20-7-9-23-10-8-20/h3-6,13H,7-12H2,1-2H3. The molecular weight excluding hydrogens is 331 g/mol. The Morgan fingerprint density at radius 2 is 1.88 bits per heavy atom. The van der Waals surface area contributed by atoms with Gasteiger partial charge in [0.05, 0.1) is 30.8 Å². The topological polar surface area (TPSA) is 49.9 Å². The number of thioether (sulfide) groups is 1. The van der Waals surface area contributed by atoms with Crippen LogP contribution in [-0.2, 0) is 14.3 Å². The van der Waals surface area contributed by atoms with Gasteiger partial charge in [-0.3, -0.25) is 9.59 Å². The van der Waals surface area contributed by atoms with Gasteiger partial charge in [0, 0.05) is 20.1 Å². The molecule has 24 heavy (non-hydrogen) atoms. The van der Waals surface area contributed by atoms with Gasteiger partial charge in [-0.1, -0.05) is 12.1 Å². The van der Waals surface area contributed by atoms with Crippen molar-refractivity contribution >= 4 is 23.6 Å². The molecule has 0 N–H and O–H groups in total. The molecule has 1 heterocycles. The first-order chi connectivity index (χ1) is 11.5. The number of carbonyl (C=O) groups excluding carboxylic acids is 2. The molecule has 7 heteroatoms. The van der Waals surface area contributed by atoms with Gasteiger partial charge in [0.1, 0.15) is 5.82 Å². The zero-order valence-electron chi connectivity index (χ0n) is 14.0. The van der Waals surface area contributed by atoms with Gasteiger partial charge in [0.25, 0.3) is 0 Å². The fraction of sp³-hybridized carbons (Fsp3) is 0.529. The number of amides is 2. The van der Waals surface area contributed by atoms with E-state index in [2.05, 4.69) is 0 Å². The molecule has 132 valence electrons. The minimum atomic E-state index is -0.294. The summed E-state index contributed by atoms with van der Waals surface area (Å²) in [6.45, 7) is 4.29. The van der Waals surface area contributed by atoms with Crippen LogP contribution in [0.5, 0.6) is 0 Å². The van der Waals surface area contributed by atoms with Gasteiger partial charge in [0.15, 0.2) is 0 Å². The number of rotatable bonds is 6. The Kier molecular flexibility index (Phi) is 7.05. The third-order valence-electron chi connectivity index (χ3n) is 4.14. The zero-order valence-corrected chi connectivity index (χ0v) is 14.9. The van der Waals surface area contributed by atoms with Crippen molar-refractivity contribution in [2.75, 3.05) is 44.9 Å². The Labute approximate surface area is 146 Å². The van der Waals surface area contributed by atoms with Crippen molar-refractivity contribution in [3.63, 3.8) is 0 Å². The van der Waals surface area contributed by atoms with Crippen LogP contribution in [-0.4, -0.2) is 66.5 Å². The van der Waals surface area contributed by atoms with E-state index in [0.717, 1.165) is 5.56 Å². The Balaban J connectivity index is 1.76. The van der Waals surface area contributed by atoms with Gasteiger partial charge in [0.2, 0.25) is 11.8 Å². The molecule has 2 amide bonds. The fourth-order valence-corrected chi connectivity index (χ4v) is 3.25. The molecule has 0 saturated carbocycles. The molecule has 1 saturated heterocycles. The van der Waals surface area contributed by atoms with E-state index in [1.165, 1.54) is 23.9 Å². The van der Waals surface area contributed by atoms with E-state index < -0.39 is 0 Å². The minimum Gasteiger partial charge on any atom is -0.378 e. The smallest absolute Gasteiger partial charge is 0.232 e. The van der Waals surface area contributed by atoms with Crippen LogP contribution in [0.3, 0.4) is 0 Å². The summed E-state index contributed by atoms with van der Waals surface area (Å²) in [7, 11) is 1.72. The first-order valence-corrected chi connectivity index (χ1v) is 9.09. The normalized spacial score (nSPS) is 15.9. The van der Waals surface area contributed by atoms with Crippen molar-refractivity contribution in [1.29, 1.82) is 0 Å². The van der Waals surface area contributed by atoms with Crippen molar-refractivity contribution in [3.05, 3.63) is 35.6 Å². The molecule has 1 fully saturated rings. The van der Waals surface area contributed by atoms with Crippen LogP contribution in [0, 0.1) is 5.82 Å². The lowest BCUT2D eigenvalue weighted by Crippen LogP contribution is -2.41. The monoisotopic (exact) mass is 354 g/mol. The summed E-state index contributed by atoms with van der Waals surface area (Å²) in [5.74, 6) is 0.247. The lowest BCUT2D eigenvalue weighted by molar-refractivity contribution is -0.132. The molecule has 0 spiro atoms. The Morgan fingerprint density at radius 1 is 1.25 bits per heavy atom. The highest BCUT2D eigenvalue weighted by molar-refractivity contribution is 8.00. The van der Waals surface area contributed by atoms with E-state index in [0.29, 0.717) is 32.1 Å². The van der Waals surface area contributed by atoms with E-state index in [1.54, 1.807) is 29.0 Å². The van der Waals surface area contributed by atoms with Gasteiger partial charge in [-0.2, -0.15) is 0 Å². The average Bonchev–Trinajstić information content (AvgIpc) is 2.61. The number of nitrogens with zero attached hydrogens (tertiary/aromatic N) is 2. The average molecular weight is 354 g/mol. The van der Waals surface area contributed by atoms with Crippen molar-refractivity contribution < 1.29 is 18.7 Å². The maximum absolute atomic E-state index is 13.0. The summed E-state index contributed by atoms with van der Waals surface area (Å²) < 4.78 is 18.2. The van der Waals surface area contributed by atoms with Gasteiger partial charge in [-0.05, 0) is 24.6 Å². The second kappa shape index (κ2) is 9.03. The summed E-state index contributed by atoms with van der Waals surface area (Å²) >= 11 is 1.32. The Morgan fingerprint density at radius 3 is 2.50 bits per heavy atom. The predicted octanol–water partition coefficient (Wildman–Crippen LogP) is 1.94. The third kappa shape index (κ3) is 5.21. The highest BCUT2D eigenvalue weighted by Crippen LogP contribution is 2.20. The first kappa shape index (κ1) is 18.7. The fourth-order valence-electron chi connectivity index (χ4n) is 2.41. The Bertz CT molecular complexity index is 561. The summed E-state index contributed by atoms with van der Waals surface area (Å²) in [4.78, 5) is 27.7. The number of halogens is 1. The van der Waals surface area contributed by atoms with Crippen LogP contribution in [0.25, 0.3) is 0 Å². The molecule has 0 aromatic heterocycles. The molecule has 5 nitrogen and oxygen atoms in total. The highest BCUT2D eigenvalue weighted by atomic mass is 32.2. The lowest BCUT2D eigenvalue weighted by Gasteiger charge is -2.27. The first-order valence-electron chi connectivity index (χ1n) is 7.93. The molecule has 1 aliphatic rings. The van der Waals surface area contributed by atoms with E-state index >= 15 is 0 Å². The molecule has 1 aromatic rings. The maximum atomic E-state index is 13.0. The maximum Gasteiger partial charge on any atom is 0.232 e. The van der Waals surface area contributed by atoms with Gasteiger partial charge in [-0.25, -0.2) is 4.39 Å². The van der Waals surface area contributed by atoms with E-state index in [4.69, 9.17) is 4.74 Å². The molecule has 0 aliphatic carbocycles.